The highest BCUT2D eigenvalue weighted by molar-refractivity contribution is 14.0. The van der Waals surface area contributed by atoms with Crippen LogP contribution in [-0.4, -0.2) is 66.6 Å². The molecule has 1 aliphatic heterocycles. The molecule has 1 aromatic heterocycles. The maximum Gasteiger partial charge on any atom is 0.251 e. The van der Waals surface area contributed by atoms with E-state index in [0.717, 1.165) is 49.9 Å². The lowest BCUT2D eigenvalue weighted by molar-refractivity contribution is 0.0956. The molecule has 158 valence electrons. The SMILES string of the molecule is CCNC(=O)c1ccc(CNC(=NC)N2CCN(Cc3ccon3)CC2)cc1.I. The van der Waals surface area contributed by atoms with Gasteiger partial charge in [-0.05, 0) is 24.6 Å². The fourth-order valence-corrected chi connectivity index (χ4v) is 3.22. The lowest BCUT2D eigenvalue weighted by Crippen LogP contribution is -2.52. The summed E-state index contributed by atoms with van der Waals surface area (Å²) in [5, 5.41) is 10.2. The quantitative estimate of drug-likeness (QED) is 0.350. The Morgan fingerprint density at radius 1 is 1.14 bits per heavy atom. The van der Waals surface area contributed by atoms with Gasteiger partial charge in [0, 0.05) is 64.5 Å². The normalized spacial score (nSPS) is 15.0. The Labute approximate surface area is 188 Å². The Kier molecular flexibility index (Phi) is 9.39. The van der Waals surface area contributed by atoms with Gasteiger partial charge in [0.15, 0.2) is 5.96 Å². The van der Waals surface area contributed by atoms with Crippen molar-refractivity contribution in [2.75, 3.05) is 39.8 Å². The second kappa shape index (κ2) is 11.8. The summed E-state index contributed by atoms with van der Waals surface area (Å²) >= 11 is 0. The Morgan fingerprint density at radius 3 is 2.45 bits per heavy atom. The van der Waals surface area contributed by atoms with E-state index in [1.807, 2.05) is 44.3 Å². The van der Waals surface area contributed by atoms with Crippen LogP contribution in [0.15, 0.2) is 46.1 Å². The Hall–Kier alpha value is -2.14. The summed E-state index contributed by atoms with van der Waals surface area (Å²) in [4.78, 5) is 20.9. The molecule has 9 heteroatoms. The highest BCUT2D eigenvalue weighted by atomic mass is 127. The average molecular weight is 512 g/mol. The Balaban J connectivity index is 0.00000300. The molecule has 3 rings (SSSR count). The number of benzene rings is 1. The van der Waals surface area contributed by atoms with Crippen LogP contribution in [0.3, 0.4) is 0 Å². The summed E-state index contributed by atoms with van der Waals surface area (Å²) in [7, 11) is 1.81. The molecule has 1 saturated heterocycles. The van der Waals surface area contributed by atoms with E-state index in [0.29, 0.717) is 18.7 Å². The first-order valence-electron chi connectivity index (χ1n) is 9.64. The first-order valence-corrected chi connectivity index (χ1v) is 9.64. The standard InChI is InChI=1S/C20H28N6O2.HI/c1-3-22-19(27)17-6-4-16(5-7-17)14-23-20(21-2)26-11-9-25(10-12-26)15-18-8-13-28-24-18;/h4-8,13H,3,9-12,14-15H2,1-2H3,(H,21,23)(H,22,27);1H. The molecule has 0 bridgehead atoms. The van der Waals surface area contributed by atoms with Gasteiger partial charge in [0.25, 0.3) is 5.91 Å². The van der Waals surface area contributed by atoms with E-state index in [1.165, 1.54) is 0 Å². The van der Waals surface area contributed by atoms with Crippen LogP contribution in [0.25, 0.3) is 0 Å². The molecule has 2 aromatic rings. The number of carbonyl (C=O) groups is 1. The van der Waals surface area contributed by atoms with Gasteiger partial charge in [-0.15, -0.1) is 24.0 Å². The maximum absolute atomic E-state index is 11.8. The van der Waals surface area contributed by atoms with Crippen LogP contribution in [0.1, 0.15) is 28.5 Å². The number of aliphatic imine (C=N–C) groups is 1. The number of carbonyl (C=O) groups excluding carboxylic acids is 1. The highest BCUT2D eigenvalue weighted by Gasteiger charge is 2.20. The zero-order valence-electron chi connectivity index (χ0n) is 16.9. The molecule has 0 unspecified atom stereocenters. The van der Waals surface area contributed by atoms with E-state index in [-0.39, 0.29) is 29.9 Å². The molecule has 0 radical (unpaired) electrons. The number of rotatable bonds is 6. The molecule has 0 spiro atoms. The smallest absolute Gasteiger partial charge is 0.251 e. The van der Waals surface area contributed by atoms with Crippen molar-refractivity contribution in [3.8, 4) is 0 Å². The summed E-state index contributed by atoms with van der Waals surface area (Å²) in [5.74, 6) is 0.857. The van der Waals surface area contributed by atoms with Crippen molar-refractivity contribution < 1.29 is 9.32 Å². The van der Waals surface area contributed by atoms with Crippen LogP contribution in [0.5, 0.6) is 0 Å². The van der Waals surface area contributed by atoms with Crippen LogP contribution in [-0.2, 0) is 13.1 Å². The Bertz CT molecular complexity index is 771. The molecule has 0 atom stereocenters. The molecular formula is C20H29IN6O2. The van der Waals surface area contributed by atoms with Crippen molar-refractivity contribution in [1.82, 2.24) is 25.6 Å². The lowest BCUT2D eigenvalue weighted by Gasteiger charge is -2.36. The number of piperazine rings is 1. The van der Waals surface area contributed by atoms with Gasteiger partial charge in [-0.1, -0.05) is 17.3 Å². The topological polar surface area (TPSA) is 86.0 Å². The highest BCUT2D eigenvalue weighted by Crippen LogP contribution is 2.08. The van der Waals surface area contributed by atoms with Crippen molar-refractivity contribution in [2.24, 2.45) is 4.99 Å². The third kappa shape index (κ3) is 6.70. The minimum atomic E-state index is -0.0405. The zero-order valence-corrected chi connectivity index (χ0v) is 19.3. The number of nitrogens with zero attached hydrogens (tertiary/aromatic N) is 4. The van der Waals surface area contributed by atoms with E-state index >= 15 is 0 Å². The molecule has 1 fully saturated rings. The van der Waals surface area contributed by atoms with Gasteiger partial charge in [-0.2, -0.15) is 0 Å². The summed E-state index contributed by atoms with van der Waals surface area (Å²) in [6.07, 6.45) is 1.61. The zero-order chi connectivity index (χ0) is 19.8. The molecule has 2 N–H and O–H groups in total. The molecule has 0 aliphatic carbocycles. The van der Waals surface area contributed by atoms with E-state index in [2.05, 4.69) is 30.6 Å². The van der Waals surface area contributed by atoms with Crippen molar-refractivity contribution >= 4 is 35.8 Å². The molecule has 1 amide bonds. The van der Waals surface area contributed by atoms with Gasteiger partial charge in [0.1, 0.15) is 6.26 Å². The maximum atomic E-state index is 11.8. The number of amides is 1. The van der Waals surface area contributed by atoms with Crippen molar-refractivity contribution in [3.63, 3.8) is 0 Å². The molecule has 8 nitrogen and oxygen atoms in total. The van der Waals surface area contributed by atoms with E-state index < -0.39 is 0 Å². The number of hydrogen-bond donors (Lipinski definition) is 2. The fraction of sp³-hybridized carbons (Fsp3) is 0.450. The largest absolute Gasteiger partial charge is 0.364 e. The third-order valence-corrected chi connectivity index (χ3v) is 4.76. The first kappa shape index (κ1) is 23.1. The van der Waals surface area contributed by atoms with Crippen LogP contribution in [0, 0.1) is 0 Å². The van der Waals surface area contributed by atoms with Crippen molar-refractivity contribution in [1.29, 1.82) is 0 Å². The minimum absolute atomic E-state index is 0. The molecule has 0 saturated carbocycles. The number of nitrogens with one attached hydrogen (secondary N) is 2. The van der Waals surface area contributed by atoms with E-state index in [9.17, 15) is 4.79 Å². The number of aromatic nitrogens is 1. The summed E-state index contributed by atoms with van der Waals surface area (Å²) in [5.41, 5.74) is 2.75. The van der Waals surface area contributed by atoms with Gasteiger partial charge in [0.2, 0.25) is 0 Å². The fourth-order valence-electron chi connectivity index (χ4n) is 3.22. The summed E-state index contributed by atoms with van der Waals surface area (Å²) < 4.78 is 4.90. The summed E-state index contributed by atoms with van der Waals surface area (Å²) in [6, 6.07) is 9.56. The predicted molar refractivity (Wildman–Crippen MR) is 123 cm³/mol. The van der Waals surface area contributed by atoms with Gasteiger partial charge >= 0.3 is 0 Å². The monoisotopic (exact) mass is 512 g/mol. The van der Waals surface area contributed by atoms with Crippen molar-refractivity contribution in [2.45, 2.75) is 20.0 Å². The van der Waals surface area contributed by atoms with Gasteiger partial charge in [0.05, 0.1) is 5.69 Å². The Morgan fingerprint density at radius 2 is 1.86 bits per heavy atom. The number of halogens is 1. The van der Waals surface area contributed by atoms with Gasteiger partial charge < -0.3 is 20.1 Å². The lowest BCUT2D eigenvalue weighted by atomic mass is 10.1. The molecule has 1 aliphatic rings. The molecule has 2 heterocycles. The van der Waals surface area contributed by atoms with Gasteiger partial charge in [-0.25, -0.2) is 0 Å². The average Bonchev–Trinajstić information content (AvgIpc) is 3.23. The first-order chi connectivity index (χ1) is 13.7. The van der Waals surface area contributed by atoms with Crippen LogP contribution >= 0.6 is 24.0 Å². The minimum Gasteiger partial charge on any atom is -0.364 e. The molecular weight excluding hydrogens is 483 g/mol. The number of hydrogen-bond acceptors (Lipinski definition) is 5. The molecule has 29 heavy (non-hydrogen) atoms. The number of guanidine groups is 1. The predicted octanol–water partition coefficient (Wildman–Crippen LogP) is 1.94. The second-order valence-electron chi connectivity index (χ2n) is 6.71. The second-order valence-corrected chi connectivity index (χ2v) is 6.71. The summed E-state index contributed by atoms with van der Waals surface area (Å²) in [6.45, 7) is 7.75. The van der Waals surface area contributed by atoms with Gasteiger partial charge in [-0.3, -0.25) is 14.7 Å². The van der Waals surface area contributed by atoms with Crippen LogP contribution < -0.4 is 10.6 Å². The van der Waals surface area contributed by atoms with Crippen LogP contribution in [0.4, 0.5) is 0 Å². The van der Waals surface area contributed by atoms with E-state index in [4.69, 9.17) is 4.52 Å². The van der Waals surface area contributed by atoms with Crippen LogP contribution in [0.2, 0.25) is 0 Å². The van der Waals surface area contributed by atoms with Crippen molar-refractivity contribution in [3.05, 3.63) is 53.4 Å². The third-order valence-electron chi connectivity index (χ3n) is 4.76. The van der Waals surface area contributed by atoms with E-state index in [1.54, 1.807) is 6.26 Å². The molecule has 1 aromatic carbocycles.